The quantitative estimate of drug-likeness (QED) is 0.0839. The molecule has 0 bridgehead atoms. The first-order valence-electron chi connectivity index (χ1n) is 21.9. The van der Waals surface area contributed by atoms with Crippen molar-refractivity contribution in [1.29, 1.82) is 0 Å². The van der Waals surface area contributed by atoms with Gasteiger partial charge in [-0.3, -0.25) is 4.79 Å². The molecule has 8 aromatic rings. The van der Waals surface area contributed by atoms with E-state index in [4.69, 9.17) is 14.4 Å². The maximum absolute atomic E-state index is 11.7. The zero-order valence-electron chi connectivity index (χ0n) is 37.9. The average molecular weight is 1000 g/mol. The third-order valence-corrected chi connectivity index (χ3v) is 12.4. The predicted molar refractivity (Wildman–Crippen MR) is 256 cm³/mol. The van der Waals surface area contributed by atoms with Gasteiger partial charge in [0.15, 0.2) is 5.78 Å². The van der Waals surface area contributed by atoms with Crippen molar-refractivity contribution in [2.75, 3.05) is 0 Å². The first-order valence-corrected chi connectivity index (χ1v) is 21.9. The molecule has 3 heterocycles. The van der Waals surface area contributed by atoms with Gasteiger partial charge in [-0.05, 0) is 125 Å². The summed E-state index contributed by atoms with van der Waals surface area (Å²) in [5.41, 5.74) is 13.8. The molecular formula is C56H59IrN2O3-. The molecule has 0 spiro atoms. The van der Waals surface area contributed by atoms with Crippen molar-refractivity contribution in [1.82, 2.24) is 9.97 Å². The van der Waals surface area contributed by atoms with Gasteiger partial charge in [-0.2, -0.15) is 0 Å². The minimum absolute atomic E-state index is 0. The van der Waals surface area contributed by atoms with Crippen molar-refractivity contribution in [3.63, 3.8) is 0 Å². The average Bonchev–Trinajstić information content (AvgIpc) is 3.64. The van der Waals surface area contributed by atoms with Gasteiger partial charge in [0.05, 0.1) is 11.3 Å². The largest absolute Gasteiger partial charge is 0.512 e. The number of rotatable bonds is 10. The summed E-state index contributed by atoms with van der Waals surface area (Å²) in [6.07, 6.45) is 6.87. The summed E-state index contributed by atoms with van der Waals surface area (Å²) in [6, 6.07) is 38.4. The van der Waals surface area contributed by atoms with Crippen molar-refractivity contribution < 1.29 is 34.4 Å². The van der Waals surface area contributed by atoms with Gasteiger partial charge in [0.1, 0.15) is 11.1 Å². The third-order valence-electron chi connectivity index (χ3n) is 12.4. The summed E-state index contributed by atoms with van der Waals surface area (Å²) in [5, 5.41) is 15.4. The molecule has 62 heavy (non-hydrogen) atoms. The van der Waals surface area contributed by atoms with Crippen LogP contribution in [0.3, 0.4) is 0 Å². The molecule has 321 valence electrons. The van der Waals surface area contributed by atoms with E-state index in [0.717, 1.165) is 86.6 Å². The second-order valence-electron chi connectivity index (χ2n) is 17.6. The third kappa shape index (κ3) is 9.48. The van der Waals surface area contributed by atoms with Gasteiger partial charge in [0.2, 0.25) is 0 Å². The molecule has 0 unspecified atom stereocenters. The molecular weight excluding hydrogens is 941 g/mol. The fraction of sp³-hybridized carbons (Fsp3) is 0.304. The number of aryl methyl sites for hydroxylation is 3. The van der Waals surface area contributed by atoms with E-state index in [1.807, 2.05) is 52.9 Å². The number of carbonyl (C=O) groups is 1. The fourth-order valence-electron chi connectivity index (χ4n) is 8.44. The van der Waals surface area contributed by atoms with Crippen molar-refractivity contribution in [3.8, 4) is 33.5 Å². The fourth-order valence-corrected chi connectivity index (χ4v) is 8.44. The molecule has 3 aromatic heterocycles. The maximum Gasteiger partial charge on any atom is 0.162 e. The number of hydrogen-bond donors (Lipinski definition) is 1. The number of aliphatic hydroxyl groups is 1. The molecule has 8 rings (SSSR count). The zero-order valence-corrected chi connectivity index (χ0v) is 40.3. The molecule has 0 fully saturated rings. The van der Waals surface area contributed by atoms with E-state index in [9.17, 15) is 9.90 Å². The van der Waals surface area contributed by atoms with E-state index < -0.39 is 0 Å². The number of nitrogens with zero attached hydrogens (tertiary/aromatic N) is 2. The first-order chi connectivity index (χ1) is 29.2. The van der Waals surface area contributed by atoms with Crippen LogP contribution in [0.25, 0.3) is 77.1 Å². The Labute approximate surface area is 381 Å². The van der Waals surface area contributed by atoms with Crippen LogP contribution >= 0.6 is 0 Å². The van der Waals surface area contributed by atoms with Gasteiger partial charge >= 0.3 is 0 Å². The Morgan fingerprint density at radius 1 is 0.710 bits per heavy atom. The smallest absolute Gasteiger partial charge is 0.162 e. The van der Waals surface area contributed by atoms with Crippen LogP contribution in [-0.2, 0) is 30.3 Å². The van der Waals surface area contributed by atoms with Crippen LogP contribution in [-0.4, -0.2) is 20.9 Å². The van der Waals surface area contributed by atoms with Gasteiger partial charge in [-0.25, -0.2) is 4.98 Å². The second-order valence-corrected chi connectivity index (χ2v) is 17.6. The molecule has 0 saturated heterocycles. The molecule has 0 atom stereocenters. The zero-order chi connectivity index (χ0) is 43.6. The summed E-state index contributed by atoms with van der Waals surface area (Å²) >= 11 is 0. The topological polar surface area (TPSA) is 76.2 Å². The number of allylic oxidation sites excluding steroid dienone is 2. The summed E-state index contributed by atoms with van der Waals surface area (Å²) in [4.78, 5) is 21.4. The Morgan fingerprint density at radius 3 is 2.02 bits per heavy atom. The van der Waals surface area contributed by atoms with E-state index in [2.05, 4.69) is 126 Å². The summed E-state index contributed by atoms with van der Waals surface area (Å²) in [7, 11) is 0. The van der Waals surface area contributed by atoms with Gasteiger partial charge in [0, 0.05) is 60.7 Å². The Balaban J connectivity index is 0.000000346. The van der Waals surface area contributed by atoms with Gasteiger partial charge < -0.3 is 14.5 Å². The summed E-state index contributed by atoms with van der Waals surface area (Å²) < 4.78 is 6.60. The van der Waals surface area contributed by atoms with E-state index in [-0.39, 0.29) is 48.9 Å². The van der Waals surface area contributed by atoms with Gasteiger partial charge in [-0.15, -0.1) is 18.2 Å². The molecule has 5 nitrogen and oxygen atoms in total. The Morgan fingerprint density at radius 2 is 1.34 bits per heavy atom. The van der Waals surface area contributed by atoms with Crippen LogP contribution in [0.4, 0.5) is 0 Å². The standard InChI is InChI=1S/C43H35N2O.C13H24O2.Ir/c1-25-20-32-21-30(28-14-17-33(18-15-28)43(4,5)6)12-13-31(32)22-37(25)38-23-39(44-24-26(38)2)36-9-7-8-34-35-19-16-29-11-10-27(3)45-40(29)42(35)46-41(34)36;1-5-10(6-2)12(14)9-13(15)11(7-3)8-4;/h7-8,10-24H,1-6H3;9-11,14H,5-8H2,1-4H3;/q-1;;/b;12-9-;. The van der Waals surface area contributed by atoms with Crippen molar-refractivity contribution in [2.24, 2.45) is 11.8 Å². The monoisotopic (exact) mass is 1000 g/mol. The molecule has 0 aliphatic heterocycles. The SMILES string of the molecule is CCC(CC)C(=O)/C=C(\O)C(CC)CC.Cc1ccc2ccc3c4cc[c-]c(-c5cc(-c6cc7ccc(-c8ccc(C(C)(C)C)cc8)cc7cc6C)c(C)cn5)c4oc3c2n1.[Ir]. The van der Waals surface area contributed by atoms with Gasteiger partial charge in [-0.1, -0.05) is 126 Å². The number of aromatic nitrogens is 2. The molecule has 0 saturated carbocycles. The molecule has 6 heteroatoms. The molecule has 0 amide bonds. The number of aliphatic hydroxyl groups excluding tert-OH is 1. The second kappa shape index (κ2) is 19.3. The number of fused-ring (bicyclic) bond motifs is 6. The van der Waals surface area contributed by atoms with Crippen LogP contribution in [0, 0.1) is 38.7 Å². The number of hydrogen-bond acceptors (Lipinski definition) is 5. The Kier molecular flexibility index (Phi) is 14.4. The Bertz CT molecular complexity index is 2910. The molecule has 1 radical (unpaired) electrons. The minimum Gasteiger partial charge on any atom is -0.512 e. The number of furan rings is 1. The molecule has 0 aliphatic carbocycles. The van der Waals surface area contributed by atoms with Crippen LogP contribution in [0.2, 0.25) is 0 Å². The molecule has 5 aromatic carbocycles. The summed E-state index contributed by atoms with van der Waals surface area (Å²) in [6.45, 7) is 21.2. The number of ketones is 1. The van der Waals surface area contributed by atoms with E-state index in [1.54, 1.807) is 0 Å². The molecule has 0 aliphatic rings. The predicted octanol–water partition coefficient (Wildman–Crippen LogP) is 15.6. The molecule has 1 N–H and O–H groups in total. The maximum atomic E-state index is 11.7. The van der Waals surface area contributed by atoms with Gasteiger partial charge in [0.25, 0.3) is 0 Å². The van der Waals surface area contributed by atoms with Crippen molar-refractivity contribution in [3.05, 3.63) is 144 Å². The van der Waals surface area contributed by atoms with Crippen LogP contribution < -0.4 is 0 Å². The first kappa shape index (κ1) is 46.1. The van der Waals surface area contributed by atoms with Crippen LogP contribution in [0.1, 0.15) is 96.5 Å². The Hall–Kier alpha value is -5.42. The van der Waals surface area contributed by atoms with Crippen molar-refractivity contribution >= 4 is 49.4 Å². The van der Waals surface area contributed by atoms with Crippen LogP contribution in [0.15, 0.2) is 120 Å². The van der Waals surface area contributed by atoms with E-state index in [0.29, 0.717) is 0 Å². The number of carbonyl (C=O) groups excluding carboxylic acids is 1. The number of benzene rings is 5. The van der Waals surface area contributed by atoms with Crippen LogP contribution in [0.5, 0.6) is 0 Å². The van der Waals surface area contributed by atoms with Crippen molar-refractivity contribution in [2.45, 2.75) is 100 Å². The van der Waals surface area contributed by atoms with E-state index >= 15 is 0 Å². The number of pyridine rings is 2. The minimum atomic E-state index is 0. The summed E-state index contributed by atoms with van der Waals surface area (Å²) in [5.74, 6) is 0.547. The normalized spacial score (nSPS) is 12.0. The van der Waals surface area contributed by atoms with E-state index in [1.165, 1.54) is 44.7 Å².